The van der Waals surface area contributed by atoms with Crippen LogP contribution >= 0.6 is 23.1 Å². The van der Waals surface area contributed by atoms with Crippen LogP contribution in [0.1, 0.15) is 13.4 Å². The maximum atomic E-state index is 3.94. The van der Waals surface area contributed by atoms with Crippen LogP contribution in [-0.4, -0.2) is 16.0 Å². The molecule has 0 aliphatic rings. The van der Waals surface area contributed by atoms with Gasteiger partial charge in [0.1, 0.15) is 5.01 Å². The molecule has 0 aliphatic carbocycles. The molecule has 1 aromatic rings. The predicted molar refractivity (Wildman–Crippen MR) is 43.2 cm³/mol. The van der Waals surface area contributed by atoms with Crippen molar-refractivity contribution in [3.63, 3.8) is 0 Å². The number of hydrogen-bond acceptors (Lipinski definition) is 4. The minimum absolute atomic E-state index is 0. The van der Waals surface area contributed by atoms with Crippen molar-refractivity contribution in [2.45, 2.75) is 18.2 Å². The van der Waals surface area contributed by atoms with E-state index in [2.05, 4.69) is 17.1 Å². The first-order chi connectivity index (χ1) is 4.33. The minimum Gasteiger partial charge on any atom is -0.143 e. The first kappa shape index (κ1) is 7.02. The smallest absolute Gasteiger partial charge is 0.143 e. The van der Waals surface area contributed by atoms with E-state index in [4.69, 9.17) is 0 Å². The largest absolute Gasteiger partial charge is 0.174 e. The summed E-state index contributed by atoms with van der Waals surface area (Å²) in [5.41, 5.74) is 0. The normalized spacial score (nSPS) is 10.0. The van der Waals surface area contributed by atoms with Gasteiger partial charge in [-0.3, -0.25) is 0 Å². The van der Waals surface area contributed by atoms with Crippen LogP contribution in [0, 0.1) is 6.92 Å². The molecule has 9 heavy (non-hydrogen) atoms. The van der Waals surface area contributed by atoms with E-state index in [9.17, 15) is 0 Å². The van der Waals surface area contributed by atoms with Crippen LogP contribution in [0.3, 0.4) is 0 Å². The molecular weight excluding hydrogens is 152 g/mol. The highest BCUT2D eigenvalue weighted by molar-refractivity contribution is 8.00. The predicted octanol–water partition coefficient (Wildman–Crippen LogP) is 2.20. The average molecular weight is 162 g/mol. The fourth-order valence-electron chi connectivity index (χ4n) is 0.460. The van der Waals surface area contributed by atoms with Gasteiger partial charge in [0.25, 0.3) is 0 Å². The van der Waals surface area contributed by atoms with Crippen molar-refractivity contribution in [2.75, 3.05) is 5.75 Å². The average Bonchev–Trinajstić information content (AvgIpc) is 2.17. The molecule has 0 N–H and O–H groups in total. The van der Waals surface area contributed by atoms with Gasteiger partial charge in [0.2, 0.25) is 0 Å². The summed E-state index contributed by atoms with van der Waals surface area (Å²) in [5.74, 6) is 1.08. The van der Waals surface area contributed by atoms with Gasteiger partial charge in [0.05, 0.1) is 0 Å². The molecule has 52 valence electrons. The van der Waals surface area contributed by atoms with Crippen molar-refractivity contribution < 1.29 is 1.43 Å². The fourth-order valence-corrected chi connectivity index (χ4v) is 2.17. The molecule has 0 saturated heterocycles. The Bertz CT molecular complexity index is 190. The summed E-state index contributed by atoms with van der Waals surface area (Å²) >= 11 is 3.39. The Labute approximate surface area is 64.2 Å². The molecule has 1 heterocycles. The van der Waals surface area contributed by atoms with Crippen molar-refractivity contribution in [1.82, 2.24) is 10.2 Å². The summed E-state index contributed by atoms with van der Waals surface area (Å²) in [7, 11) is 0. The van der Waals surface area contributed by atoms with Gasteiger partial charge in [-0.2, -0.15) is 0 Å². The Balaban J connectivity index is 0.000000810. The maximum Gasteiger partial charge on any atom is 0.174 e. The molecule has 0 aromatic carbocycles. The highest BCUT2D eigenvalue weighted by Crippen LogP contribution is 2.20. The third kappa shape index (κ3) is 1.95. The van der Waals surface area contributed by atoms with Gasteiger partial charge in [-0.15, -0.1) is 10.2 Å². The van der Waals surface area contributed by atoms with Gasteiger partial charge in [0.15, 0.2) is 4.34 Å². The van der Waals surface area contributed by atoms with Crippen LogP contribution in [0.25, 0.3) is 0 Å². The highest BCUT2D eigenvalue weighted by Gasteiger charge is 1.96. The second-order valence-electron chi connectivity index (χ2n) is 1.52. The first-order valence-electron chi connectivity index (χ1n) is 2.76. The number of thioether (sulfide) groups is 1. The van der Waals surface area contributed by atoms with E-state index in [1.54, 1.807) is 23.1 Å². The third-order valence-corrected chi connectivity index (χ3v) is 2.63. The second-order valence-corrected chi connectivity index (χ2v) is 4.21. The van der Waals surface area contributed by atoms with E-state index in [1.807, 2.05) is 6.92 Å². The molecule has 1 rings (SSSR count). The Kier molecular flexibility index (Phi) is 2.48. The van der Waals surface area contributed by atoms with Gasteiger partial charge in [-0.25, -0.2) is 0 Å². The molecule has 0 spiro atoms. The van der Waals surface area contributed by atoms with Crippen LogP contribution in [0.15, 0.2) is 4.34 Å². The Morgan fingerprint density at radius 3 is 2.89 bits per heavy atom. The van der Waals surface area contributed by atoms with Crippen LogP contribution in [0.4, 0.5) is 0 Å². The molecule has 4 heteroatoms. The van der Waals surface area contributed by atoms with E-state index < -0.39 is 0 Å². The van der Waals surface area contributed by atoms with Crippen molar-refractivity contribution in [3.8, 4) is 0 Å². The van der Waals surface area contributed by atoms with Gasteiger partial charge >= 0.3 is 0 Å². The summed E-state index contributed by atoms with van der Waals surface area (Å²) in [4.78, 5) is 0. The Morgan fingerprint density at radius 2 is 2.44 bits per heavy atom. The van der Waals surface area contributed by atoms with Crippen molar-refractivity contribution in [2.24, 2.45) is 0 Å². The molecule has 0 unspecified atom stereocenters. The SMILES string of the molecule is CCSc1nnc(C)s1.[HH]. The number of aryl methyl sites for hydroxylation is 1. The first-order valence-corrected chi connectivity index (χ1v) is 4.56. The molecule has 0 aliphatic heterocycles. The quantitative estimate of drug-likeness (QED) is 0.623. The van der Waals surface area contributed by atoms with Gasteiger partial charge in [-0.1, -0.05) is 30.0 Å². The minimum atomic E-state index is 0. The Morgan fingerprint density at radius 1 is 1.67 bits per heavy atom. The lowest BCUT2D eigenvalue weighted by Crippen LogP contribution is -1.70. The Hall–Kier alpha value is -0.0900. The molecule has 0 bridgehead atoms. The lowest BCUT2D eigenvalue weighted by molar-refractivity contribution is 0.984. The molecule has 0 radical (unpaired) electrons. The lowest BCUT2D eigenvalue weighted by Gasteiger charge is -1.83. The zero-order chi connectivity index (χ0) is 6.69. The van der Waals surface area contributed by atoms with E-state index in [0.29, 0.717) is 0 Å². The van der Waals surface area contributed by atoms with Crippen molar-refractivity contribution in [3.05, 3.63) is 5.01 Å². The van der Waals surface area contributed by atoms with Gasteiger partial charge in [0, 0.05) is 1.43 Å². The number of aromatic nitrogens is 2. The summed E-state index contributed by atoms with van der Waals surface area (Å²) in [6, 6.07) is 0. The van der Waals surface area contributed by atoms with Crippen molar-refractivity contribution >= 4 is 23.1 Å². The summed E-state index contributed by atoms with van der Waals surface area (Å²) in [6.07, 6.45) is 0. The second kappa shape index (κ2) is 3.17. The zero-order valence-corrected chi connectivity index (χ0v) is 7.05. The number of hydrogen-bond donors (Lipinski definition) is 0. The van der Waals surface area contributed by atoms with Crippen LogP contribution < -0.4 is 0 Å². The molecule has 0 amide bonds. The van der Waals surface area contributed by atoms with Crippen LogP contribution in [-0.2, 0) is 0 Å². The molecule has 2 nitrogen and oxygen atoms in total. The van der Waals surface area contributed by atoms with Crippen LogP contribution in [0.2, 0.25) is 0 Å². The standard InChI is InChI=1S/C5H8N2S2.H2/c1-3-8-5-7-6-4(2)9-5;/h3H2,1-2H3;1H. The van der Waals surface area contributed by atoms with E-state index in [1.165, 1.54) is 0 Å². The highest BCUT2D eigenvalue weighted by atomic mass is 32.2. The number of nitrogens with zero attached hydrogens (tertiary/aromatic N) is 2. The van der Waals surface area contributed by atoms with E-state index in [0.717, 1.165) is 15.1 Å². The fraction of sp³-hybridized carbons (Fsp3) is 0.600. The molecule has 0 fully saturated rings. The third-order valence-electron chi connectivity index (χ3n) is 0.775. The van der Waals surface area contributed by atoms with E-state index >= 15 is 0 Å². The topological polar surface area (TPSA) is 25.8 Å². The summed E-state index contributed by atoms with van der Waals surface area (Å²) in [5, 5.41) is 8.87. The molecule has 1 aromatic heterocycles. The maximum absolute atomic E-state index is 3.94. The monoisotopic (exact) mass is 162 g/mol. The number of rotatable bonds is 2. The van der Waals surface area contributed by atoms with Gasteiger partial charge in [-0.05, 0) is 12.7 Å². The molecular formula is C5H10N2S2. The van der Waals surface area contributed by atoms with E-state index in [-0.39, 0.29) is 1.43 Å². The zero-order valence-electron chi connectivity index (χ0n) is 5.42. The molecule has 0 saturated carbocycles. The van der Waals surface area contributed by atoms with Crippen LogP contribution in [0.5, 0.6) is 0 Å². The van der Waals surface area contributed by atoms with Crippen molar-refractivity contribution in [1.29, 1.82) is 0 Å². The summed E-state index contributed by atoms with van der Waals surface area (Å²) in [6.45, 7) is 4.08. The lowest BCUT2D eigenvalue weighted by atomic mass is 10.9. The summed E-state index contributed by atoms with van der Waals surface area (Å²) < 4.78 is 1.08. The molecule has 0 atom stereocenters. The van der Waals surface area contributed by atoms with Gasteiger partial charge < -0.3 is 0 Å².